The van der Waals surface area contributed by atoms with Crippen LogP contribution in [0.1, 0.15) is 26.2 Å². The lowest BCUT2D eigenvalue weighted by Gasteiger charge is -2.21. The highest BCUT2D eigenvalue weighted by Crippen LogP contribution is 2.31. The molecule has 0 spiro atoms. The lowest BCUT2D eigenvalue weighted by molar-refractivity contribution is -0.389. The zero-order chi connectivity index (χ0) is 14.5. The number of aromatic nitrogens is 2. The van der Waals surface area contributed by atoms with Gasteiger partial charge < -0.3 is 20.1 Å². The van der Waals surface area contributed by atoms with Gasteiger partial charge in [-0.2, -0.15) is 9.38 Å². The van der Waals surface area contributed by atoms with Crippen LogP contribution in [-0.4, -0.2) is 39.1 Å². The van der Waals surface area contributed by atoms with Gasteiger partial charge in [-0.15, -0.1) is 0 Å². The second-order valence-electron chi connectivity index (χ2n) is 4.49. The van der Waals surface area contributed by atoms with Crippen LogP contribution in [0.2, 0.25) is 0 Å². The maximum Gasteiger partial charge on any atom is 0.373 e. The van der Waals surface area contributed by atoms with Gasteiger partial charge in [-0.3, -0.25) is 0 Å². The molecule has 0 aliphatic heterocycles. The van der Waals surface area contributed by atoms with Crippen molar-refractivity contribution in [1.82, 2.24) is 9.38 Å². The smallest absolute Gasteiger partial charge is 0.373 e. The van der Waals surface area contributed by atoms with E-state index in [2.05, 4.69) is 11.9 Å². The number of fused-ring (bicyclic) bond motifs is 1. The molecule has 0 aliphatic carbocycles. The lowest BCUT2D eigenvalue weighted by Crippen LogP contribution is -2.27. The molecule has 1 N–H and O–H groups in total. The van der Waals surface area contributed by atoms with Gasteiger partial charge in [-0.25, -0.2) is 0 Å². The van der Waals surface area contributed by atoms with Crippen LogP contribution >= 0.6 is 11.3 Å². The molecule has 2 rings (SSSR count). The fourth-order valence-electron chi connectivity index (χ4n) is 2.08. The number of hydrogen-bond acceptors (Lipinski definition) is 6. The predicted octanol–water partition coefficient (Wildman–Crippen LogP) is 2.29. The van der Waals surface area contributed by atoms with Crippen LogP contribution in [0, 0.1) is 10.1 Å². The van der Waals surface area contributed by atoms with Crippen molar-refractivity contribution >= 4 is 27.9 Å². The number of nitrogens with zero attached hydrogens (tertiary/aromatic N) is 4. The Morgan fingerprint density at radius 3 is 2.90 bits per heavy atom. The summed E-state index contributed by atoms with van der Waals surface area (Å²) >= 11 is 1.38. The third-order valence-electron chi connectivity index (χ3n) is 3.06. The van der Waals surface area contributed by atoms with Crippen LogP contribution in [-0.2, 0) is 0 Å². The van der Waals surface area contributed by atoms with Crippen molar-refractivity contribution in [2.24, 2.45) is 0 Å². The highest BCUT2D eigenvalue weighted by atomic mass is 32.1. The van der Waals surface area contributed by atoms with Gasteiger partial charge in [-0.05, 0) is 17.8 Å². The normalized spacial score (nSPS) is 11.1. The van der Waals surface area contributed by atoms with Crippen molar-refractivity contribution < 1.29 is 10.0 Å². The topological polar surface area (TPSA) is 83.9 Å². The zero-order valence-corrected chi connectivity index (χ0v) is 12.2. The molecule has 2 aromatic rings. The van der Waals surface area contributed by atoms with Crippen LogP contribution in [0.25, 0.3) is 4.96 Å². The fraction of sp³-hybridized carbons (Fsp3) is 0.583. The first kappa shape index (κ1) is 14.7. The van der Waals surface area contributed by atoms with E-state index in [1.165, 1.54) is 15.7 Å². The third kappa shape index (κ3) is 2.91. The molecular weight excluding hydrogens is 280 g/mol. The first-order valence-corrected chi connectivity index (χ1v) is 7.52. The minimum absolute atomic E-state index is 0.00953. The van der Waals surface area contributed by atoms with Crippen molar-refractivity contribution in [2.75, 3.05) is 24.6 Å². The molecule has 8 heteroatoms. The quantitative estimate of drug-likeness (QED) is 0.597. The number of thiazole rings is 1. The molecule has 0 radical (unpaired) electrons. The Hall–Kier alpha value is -1.67. The summed E-state index contributed by atoms with van der Waals surface area (Å²) in [6.45, 7) is 3.42. The first-order valence-electron chi connectivity index (χ1n) is 6.64. The van der Waals surface area contributed by atoms with E-state index in [1.54, 1.807) is 11.6 Å². The molecule has 110 valence electrons. The van der Waals surface area contributed by atoms with E-state index in [0.29, 0.717) is 30.3 Å². The molecule has 2 aromatic heterocycles. The van der Waals surface area contributed by atoms with E-state index in [-0.39, 0.29) is 17.3 Å². The van der Waals surface area contributed by atoms with Crippen LogP contribution in [0.15, 0.2) is 11.6 Å². The molecule has 2 heterocycles. The Kier molecular flexibility index (Phi) is 4.91. The molecule has 0 fully saturated rings. The fourth-order valence-corrected chi connectivity index (χ4v) is 2.78. The molecule has 0 saturated heterocycles. The van der Waals surface area contributed by atoms with Crippen molar-refractivity contribution in [3.8, 4) is 0 Å². The minimum atomic E-state index is -0.389. The molecule has 0 unspecified atom stereocenters. The van der Waals surface area contributed by atoms with Gasteiger partial charge in [-0.1, -0.05) is 24.7 Å². The van der Waals surface area contributed by atoms with Gasteiger partial charge in [0.2, 0.25) is 5.82 Å². The molecule has 0 bridgehead atoms. The Morgan fingerprint density at radius 2 is 2.25 bits per heavy atom. The maximum atomic E-state index is 11.3. The SMILES string of the molecule is CCCCN(CCCO)c1nc2sccn2c1[N+](=O)[O-]. The van der Waals surface area contributed by atoms with E-state index in [0.717, 1.165) is 12.8 Å². The standard InChI is InChI=1S/C12H18N4O3S/c1-2-3-5-14(6-4-8-17)10-11(16(18)19)15-7-9-20-12(15)13-10/h7,9,17H,2-6,8H2,1H3. The largest absolute Gasteiger partial charge is 0.396 e. The monoisotopic (exact) mass is 298 g/mol. The van der Waals surface area contributed by atoms with Crippen molar-refractivity contribution in [1.29, 1.82) is 0 Å². The maximum absolute atomic E-state index is 11.3. The second-order valence-corrected chi connectivity index (χ2v) is 5.36. The molecular formula is C12H18N4O3S. The molecule has 0 aromatic carbocycles. The Balaban J connectivity index is 2.37. The number of aliphatic hydroxyl groups is 1. The van der Waals surface area contributed by atoms with Gasteiger partial charge in [0, 0.05) is 25.1 Å². The Labute approximate surface area is 120 Å². The second kappa shape index (κ2) is 6.67. The number of aliphatic hydroxyl groups excluding tert-OH is 1. The third-order valence-corrected chi connectivity index (χ3v) is 3.82. The average molecular weight is 298 g/mol. The number of hydrogen-bond donors (Lipinski definition) is 1. The number of rotatable bonds is 8. The van der Waals surface area contributed by atoms with Crippen molar-refractivity contribution in [3.05, 3.63) is 21.7 Å². The van der Waals surface area contributed by atoms with Crippen LogP contribution in [0.5, 0.6) is 0 Å². The summed E-state index contributed by atoms with van der Waals surface area (Å²) in [5, 5.41) is 22.1. The van der Waals surface area contributed by atoms with Crippen molar-refractivity contribution in [2.45, 2.75) is 26.2 Å². The van der Waals surface area contributed by atoms with Gasteiger partial charge in [0.1, 0.15) is 6.20 Å². The average Bonchev–Trinajstić information content (AvgIpc) is 2.98. The summed E-state index contributed by atoms with van der Waals surface area (Å²) in [5.41, 5.74) is 0. The van der Waals surface area contributed by atoms with Gasteiger partial charge in [0.05, 0.1) is 0 Å². The van der Waals surface area contributed by atoms with E-state index < -0.39 is 0 Å². The molecule has 20 heavy (non-hydrogen) atoms. The summed E-state index contributed by atoms with van der Waals surface area (Å²) in [5.74, 6) is 0.416. The first-order chi connectivity index (χ1) is 9.69. The summed E-state index contributed by atoms with van der Waals surface area (Å²) < 4.78 is 1.51. The number of imidazole rings is 1. The van der Waals surface area contributed by atoms with Gasteiger partial charge >= 0.3 is 5.82 Å². The Morgan fingerprint density at radius 1 is 1.50 bits per heavy atom. The molecule has 0 atom stereocenters. The number of anilines is 1. The molecule has 7 nitrogen and oxygen atoms in total. The predicted molar refractivity (Wildman–Crippen MR) is 78.5 cm³/mol. The number of nitro groups is 1. The van der Waals surface area contributed by atoms with Gasteiger partial charge in [0.15, 0.2) is 0 Å². The summed E-state index contributed by atoms with van der Waals surface area (Å²) in [6.07, 6.45) is 4.18. The van der Waals surface area contributed by atoms with Crippen LogP contribution < -0.4 is 4.90 Å². The molecule has 0 aliphatic rings. The number of unbranched alkanes of at least 4 members (excludes halogenated alkanes) is 1. The molecule has 0 saturated carbocycles. The Bertz CT molecular complexity index is 572. The highest BCUT2D eigenvalue weighted by molar-refractivity contribution is 7.15. The van der Waals surface area contributed by atoms with E-state index >= 15 is 0 Å². The van der Waals surface area contributed by atoms with E-state index in [9.17, 15) is 10.1 Å². The van der Waals surface area contributed by atoms with Gasteiger partial charge in [0.25, 0.3) is 4.96 Å². The molecule has 0 amide bonds. The van der Waals surface area contributed by atoms with E-state index in [1.807, 2.05) is 4.90 Å². The summed E-state index contributed by atoms with van der Waals surface area (Å²) in [7, 11) is 0. The van der Waals surface area contributed by atoms with Crippen LogP contribution in [0.4, 0.5) is 11.6 Å². The van der Waals surface area contributed by atoms with Crippen LogP contribution in [0.3, 0.4) is 0 Å². The summed E-state index contributed by atoms with van der Waals surface area (Å²) in [6, 6.07) is 0. The van der Waals surface area contributed by atoms with Crippen molar-refractivity contribution in [3.63, 3.8) is 0 Å². The van der Waals surface area contributed by atoms with E-state index in [4.69, 9.17) is 5.11 Å². The zero-order valence-electron chi connectivity index (χ0n) is 11.4. The summed E-state index contributed by atoms with van der Waals surface area (Å²) in [4.78, 5) is 17.8. The lowest BCUT2D eigenvalue weighted by atomic mass is 10.3. The minimum Gasteiger partial charge on any atom is -0.396 e. The highest BCUT2D eigenvalue weighted by Gasteiger charge is 2.27.